The first-order chi connectivity index (χ1) is 22.2. The van der Waals surface area contributed by atoms with Crippen LogP contribution in [0.1, 0.15) is 83.7 Å². The fourth-order valence-corrected chi connectivity index (χ4v) is 3.05. The minimum absolute atomic E-state index is 0.0104. The quantitative estimate of drug-likeness (QED) is 0.0764. The van der Waals surface area contributed by atoms with Crippen LogP contribution in [0.5, 0.6) is 0 Å². The summed E-state index contributed by atoms with van der Waals surface area (Å²) in [5.41, 5.74) is 21.5. The molecule has 0 aliphatic carbocycles. The van der Waals surface area contributed by atoms with Crippen LogP contribution in [0, 0.1) is 12.3 Å². The summed E-state index contributed by atoms with van der Waals surface area (Å²) in [6, 6.07) is 0. The van der Waals surface area contributed by atoms with Crippen molar-refractivity contribution in [2.45, 2.75) is 91.1 Å². The highest BCUT2D eigenvalue weighted by Crippen LogP contribution is 2.01. The maximum atomic E-state index is 11.4. The van der Waals surface area contributed by atoms with Crippen LogP contribution in [0.4, 0.5) is 0 Å². The smallest absolute Gasteiger partial charge is 0.241 e. The van der Waals surface area contributed by atoms with Gasteiger partial charge < -0.3 is 21.7 Å². The molecule has 18 heteroatoms. The first-order valence-electron chi connectivity index (χ1n) is 15.0. The molecule has 0 saturated carbocycles. The Balaban J connectivity index is 0. The van der Waals surface area contributed by atoms with Crippen molar-refractivity contribution in [1.29, 1.82) is 0 Å². The van der Waals surface area contributed by atoms with Crippen molar-refractivity contribution in [2.24, 2.45) is 16.0 Å². The van der Waals surface area contributed by atoms with E-state index in [0.717, 1.165) is 25.8 Å². The fraction of sp³-hybridized carbons (Fsp3) is 0.679. The zero-order valence-corrected chi connectivity index (χ0v) is 26.8. The van der Waals surface area contributed by atoms with E-state index < -0.39 is 0 Å². The molecule has 0 spiro atoms. The van der Waals surface area contributed by atoms with Gasteiger partial charge in [0.1, 0.15) is 23.8 Å². The van der Waals surface area contributed by atoms with Crippen molar-refractivity contribution in [3.05, 3.63) is 32.8 Å². The lowest BCUT2D eigenvalue weighted by Crippen LogP contribution is -2.30. The number of amides is 3. The summed E-state index contributed by atoms with van der Waals surface area (Å²) in [6.07, 6.45) is 13.1. The third-order valence-corrected chi connectivity index (χ3v) is 5.48. The summed E-state index contributed by atoms with van der Waals surface area (Å²) in [5.74, 6) is 1.95. The molecule has 254 valence electrons. The molecular weight excluding hydrogens is 598 g/mol. The Bertz CT molecular complexity index is 1180. The van der Waals surface area contributed by atoms with E-state index >= 15 is 0 Å². The molecule has 2 heterocycles. The molecule has 0 atom stereocenters. The zero-order valence-electron chi connectivity index (χ0n) is 26.8. The number of fused-ring (bicyclic) bond motifs is 2. The number of ketones is 2. The zero-order chi connectivity index (χ0) is 34.8. The number of nitrogens with one attached hydrogen (secondary N) is 3. The van der Waals surface area contributed by atoms with Crippen LogP contribution in [0.2, 0.25) is 0 Å². The molecule has 2 rings (SSSR count). The second-order valence-electron chi connectivity index (χ2n) is 9.57. The number of nitrogens with two attached hydrogens (primary N) is 1. The molecule has 0 unspecified atom stereocenters. The highest BCUT2D eigenvalue weighted by molar-refractivity contribution is 5.81. The van der Waals surface area contributed by atoms with Crippen molar-refractivity contribution in [2.75, 3.05) is 32.7 Å². The number of aromatic nitrogens is 3. The Morgan fingerprint density at radius 3 is 2.20 bits per heavy atom. The molecule has 0 radical (unpaired) electrons. The average molecular weight is 646 g/mol. The van der Waals surface area contributed by atoms with Gasteiger partial charge in [-0.2, -0.15) is 0 Å². The van der Waals surface area contributed by atoms with Gasteiger partial charge in [-0.05, 0) is 49.7 Å². The summed E-state index contributed by atoms with van der Waals surface area (Å²) in [7, 11) is 0. The van der Waals surface area contributed by atoms with E-state index in [4.69, 9.17) is 23.2 Å². The third-order valence-electron chi connectivity index (χ3n) is 5.48. The molecule has 0 saturated heterocycles. The largest absolute Gasteiger partial charge is 0.354 e. The molecule has 3 amide bonds. The first kappa shape index (κ1) is 43.2. The van der Waals surface area contributed by atoms with Gasteiger partial charge in [0.05, 0.1) is 32.4 Å². The minimum atomic E-state index is -0.113. The van der Waals surface area contributed by atoms with Gasteiger partial charge in [-0.1, -0.05) is 41.6 Å². The van der Waals surface area contributed by atoms with Gasteiger partial charge in [-0.25, -0.2) is 4.68 Å². The SMILES string of the molecule is C#CCNC(=O)CCCCC(=O)CN=[N+]=[N-].CCCCC(=O)CN=[N+]=[N-].CCCN.O=C1CCCNC(=O)Cn2cc(nn2)CN1. The van der Waals surface area contributed by atoms with Crippen LogP contribution in [0.25, 0.3) is 20.9 Å². The number of hydrogen-bond acceptors (Lipinski definition) is 10. The van der Waals surface area contributed by atoms with Crippen molar-refractivity contribution in [3.8, 4) is 12.3 Å². The normalized spacial score (nSPS) is 11.8. The van der Waals surface area contributed by atoms with Crippen molar-refractivity contribution in [3.63, 3.8) is 0 Å². The molecular formula is C28H47N13O5. The minimum Gasteiger partial charge on any atom is -0.354 e. The van der Waals surface area contributed by atoms with Gasteiger partial charge >= 0.3 is 0 Å². The van der Waals surface area contributed by atoms with Crippen LogP contribution in [-0.2, 0) is 37.1 Å². The highest BCUT2D eigenvalue weighted by Gasteiger charge is 2.09. The number of hydrogen-bond donors (Lipinski definition) is 4. The van der Waals surface area contributed by atoms with Crippen LogP contribution in [-0.4, -0.2) is 77.0 Å². The van der Waals surface area contributed by atoms with E-state index in [1.807, 2.05) is 6.92 Å². The van der Waals surface area contributed by atoms with Crippen LogP contribution >= 0.6 is 0 Å². The van der Waals surface area contributed by atoms with Gasteiger partial charge in [0.25, 0.3) is 0 Å². The maximum Gasteiger partial charge on any atom is 0.241 e. The Morgan fingerprint density at radius 2 is 1.63 bits per heavy atom. The number of azide groups is 2. The summed E-state index contributed by atoms with van der Waals surface area (Å²) < 4.78 is 1.46. The molecule has 5 N–H and O–H groups in total. The van der Waals surface area contributed by atoms with Gasteiger partial charge in [0, 0.05) is 42.1 Å². The number of rotatable bonds is 14. The number of carbonyl (C=O) groups excluding carboxylic acids is 5. The predicted molar refractivity (Wildman–Crippen MR) is 171 cm³/mol. The number of Topliss-reactive ketones (excluding diaryl/α,β-unsaturated/α-hetero) is 2. The molecule has 1 aromatic heterocycles. The Kier molecular flexibility index (Phi) is 29.5. The van der Waals surface area contributed by atoms with E-state index in [0.29, 0.717) is 63.7 Å². The van der Waals surface area contributed by atoms with Gasteiger partial charge in [-0.3, -0.25) is 24.0 Å². The second kappa shape index (κ2) is 31.5. The second-order valence-corrected chi connectivity index (χ2v) is 9.57. The highest BCUT2D eigenvalue weighted by atomic mass is 16.2. The fourth-order valence-electron chi connectivity index (χ4n) is 3.05. The van der Waals surface area contributed by atoms with E-state index in [2.05, 4.69) is 59.2 Å². The number of carbonyl (C=O) groups is 5. The maximum absolute atomic E-state index is 11.4. The summed E-state index contributed by atoms with van der Waals surface area (Å²) in [4.78, 5) is 60.5. The molecule has 0 aromatic carbocycles. The molecule has 1 aliphatic heterocycles. The molecule has 46 heavy (non-hydrogen) atoms. The van der Waals surface area contributed by atoms with E-state index in [1.54, 1.807) is 6.20 Å². The van der Waals surface area contributed by atoms with E-state index in [-0.39, 0.29) is 55.5 Å². The predicted octanol–water partition coefficient (Wildman–Crippen LogP) is 2.39. The Labute approximate surface area is 269 Å². The molecule has 1 aliphatic rings. The number of nitrogens with zero attached hydrogens (tertiary/aromatic N) is 9. The van der Waals surface area contributed by atoms with Crippen LogP contribution in [0.3, 0.4) is 0 Å². The molecule has 18 nitrogen and oxygen atoms in total. The summed E-state index contributed by atoms with van der Waals surface area (Å²) in [5, 5.41) is 21.9. The van der Waals surface area contributed by atoms with Crippen molar-refractivity contribution < 1.29 is 24.0 Å². The summed E-state index contributed by atoms with van der Waals surface area (Å²) in [6.45, 7) is 6.06. The van der Waals surface area contributed by atoms with Gasteiger partial charge in [0.2, 0.25) is 17.7 Å². The summed E-state index contributed by atoms with van der Waals surface area (Å²) >= 11 is 0. The molecule has 2 bridgehead atoms. The van der Waals surface area contributed by atoms with E-state index in [9.17, 15) is 24.0 Å². The van der Waals surface area contributed by atoms with Crippen molar-refractivity contribution in [1.82, 2.24) is 30.9 Å². The average Bonchev–Trinajstić information content (AvgIpc) is 3.51. The first-order valence-corrected chi connectivity index (χ1v) is 15.0. The Morgan fingerprint density at radius 1 is 1.02 bits per heavy atom. The standard InChI is InChI=1S/C10H14N4O2.C9H13N5O2.C6H11N3O.C3H9N/c1-2-7-12-10(16)6-4-3-5-9(15)8-13-14-11;15-8-2-1-3-10-9(16)6-14-5-7(4-11-8)12-13-14;1-2-3-4-6(10)5-8-9-7;1-2-3-4/h1H,3-8H2,(H,12,16);5H,1-4,6H2,(H,10,16)(H,11,15);2-5H2,1H3;2-4H2,1H3. The Hall–Kier alpha value is -4.97. The van der Waals surface area contributed by atoms with Crippen LogP contribution < -0.4 is 21.7 Å². The third kappa shape index (κ3) is 29.1. The number of unbranched alkanes of at least 4 members (excludes halogenated alkanes) is 2. The van der Waals surface area contributed by atoms with E-state index in [1.165, 1.54) is 4.68 Å². The molecule has 1 aromatic rings. The van der Waals surface area contributed by atoms with Crippen LogP contribution in [0.15, 0.2) is 16.4 Å². The lowest BCUT2D eigenvalue weighted by Gasteiger charge is -2.06. The van der Waals surface area contributed by atoms with Gasteiger partial charge in [-0.15, -0.1) is 11.5 Å². The lowest BCUT2D eigenvalue weighted by atomic mass is 10.1. The van der Waals surface area contributed by atoms with Gasteiger partial charge in [0.15, 0.2) is 0 Å². The lowest BCUT2D eigenvalue weighted by molar-refractivity contribution is -0.123. The molecule has 0 fully saturated rings. The topological polar surface area (TPSA) is 276 Å². The van der Waals surface area contributed by atoms with Crippen molar-refractivity contribution >= 4 is 29.3 Å². The number of terminal acetylenes is 1. The monoisotopic (exact) mass is 645 g/mol.